The van der Waals surface area contributed by atoms with Crippen LogP contribution in [0, 0.1) is 0 Å². The van der Waals surface area contributed by atoms with Crippen LogP contribution in [0.4, 0.5) is 0 Å². The van der Waals surface area contributed by atoms with E-state index in [1.807, 2.05) is 0 Å². The van der Waals surface area contributed by atoms with Crippen LogP contribution < -0.4 is 5.14 Å². The lowest BCUT2D eigenvalue weighted by molar-refractivity contribution is -0.143. The Morgan fingerprint density at radius 2 is 2.00 bits per heavy atom. The van der Waals surface area contributed by atoms with Gasteiger partial charge in [-0.05, 0) is 24.6 Å². The van der Waals surface area contributed by atoms with Crippen molar-refractivity contribution in [3.05, 3.63) is 41.7 Å². The van der Waals surface area contributed by atoms with Gasteiger partial charge in [-0.2, -0.15) is 0 Å². The number of carbonyl (C=O) groups excluding carboxylic acids is 1. The molecular formula is C14H18N4O4S. The first-order chi connectivity index (χ1) is 10.9. The molecule has 0 fully saturated rings. The molecule has 0 aliphatic heterocycles. The van der Waals surface area contributed by atoms with Gasteiger partial charge in [0.05, 0.1) is 30.2 Å². The molecule has 0 atom stereocenters. The molecule has 0 spiro atoms. The van der Waals surface area contributed by atoms with Crippen molar-refractivity contribution in [2.45, 2.75) is 31.2 Å². The van der Waals surface area contributed by atoms with Gasteiger partial charge in [0.1, 0.15) is 0 Å². The van der Waals surface area contributed by atoms with Crippen molar-refractivity contribution in [1.82, 2.24) is 15.0 Å². The van der Waals surface area contributed by atoms with Gasteiger partial charge in [-0.15, -0.1) is 5.10 Å². The highest BCUT2D eigenvalue weighted by Gasteiger charge is 2.08. The van der Waals surface area contributed by atoms with E-state index in [1.165, 1.54) is 12.1 Å². The second-order valence-corrected chi connectivity index (χ2v) is 6.46. The Morgan fingerprint density at radius 1 is 1.30 bits per heavy atom. The Labute approximate surface area is 134 Å². The third-order valence-corrected chi connectivity index (χ3v) is 4.00. The average molecular weight is 338 g/mol. The van der Waals surface area contributed by atoms with Crippen molar-refractivity contribution >= 4 is 16.0 Å². The average Bonchev–Trinajstić information content (AvgIpc) is 2.93. The lowest BCUT2D eigenvalue weighted by atomic mass is 10.2. The Kier molecular flexibility index (Phi) is 5.45. The highest BCUT2D eigenvalue weighted by molar-refractivity contribution is 7.89. The van der Waals surface area contributed by atoms with Gasteiger partial charge in [0.25, 0.3) is 0 Å². The van der Waals surface area contributed by atoms with Gasteiger partial charge in [-0.3, -0.25) is 4.79 Å². The van der Waals surface area contributed by atoms with Gasteiger partial charge < -0.3 is 4.74 Å². The second kappa shape index (κ2) is 7.34. The van der Waals surface area contributed by atoms with Crippen LogP contribution >= 0.6 is 0 Å². The van der Waals surface area contributed by atoms with Crippen LogP contribution in [-0.2, 0) is 32.5 Å². The Morgan fingerprint density at radius 3 is 2.61 bits per heavy atom. The molecule has 0 bridgehead atoms. The summed E-state index contributed by atoms with van der Waals surface area (Å²) in [4.78, 5) is 11.4. The van der Waals surface area contributed by atoms with Gasteiger partial charge in [-0.1, -0.05) is 17.3 Å². The lowest BCUT2D eigenvalue weighted by Gasteiger charge is -2.02. The number of carbonyl (C=O) groups is 1. The molecule has 1 aromatic heterocycles. The van der Waals surface area contributed by atoms with E-state index in [-0.39, 0.29) is 17.3 Å². The fourth-order valence-corrected chi connectivity index (χ4v) is 2.48. The van der Waals surface area contributed by atoms with Crippen LogP contribution in [-0.4, -0.2) is 36.0 Å². The molecule has 1 heterocycles. The monoisotopic (exact) mass is 338 g/mol. The standard InChI is InChI=1S/C14H18N4O4S/c1-2-22-14(19)8-5-12-10-18(17-16-12)9-11-3-6-13(7-4-11)23(15,20)21/h3-4,6-7,10H,2,5,8-9H2,1H3,(H2,15,20,21). The van der Waals surface area contributed by atoms with E-state index in [2.05, 4.69) is 10.3 Å². The largest absolute Gasteiger partial charge is 0.466 e. The van der Waals surface area contributed by atoms with Crippen molar-refractivity contribution in [3.63, 3.8) is 0 Å². The Balaban J connectivity index is 1.95. The normalized spacial score (nSPS) is 11.4. The Hall–Kier alpha value is -2.26. The molecule has 2 N–H and O–H groups in total. The minimum atomic E-state index is -3.69. The quantitative estimate of drug-likeness (QED) is 0.733. The van der Waals surface area contributed by atoms with E-state index in [4.69, 9.17) is 9.88 Å². The predicted octanol–water partition coefficient (Wildman–Crippen LogP) is 0.469. The minimum Gasteiger partial charge on any atom is -0.466 e. The number of primary sulfonamides is 1. The number of nitrogens with zero attached hydrogens (tertiary/aromatic N) is 3. The summed E-state index contributed by atoms with van der Waals surface area (Å²) < 4.78 is 28.9. The van der Waals surface area contributed by atoms with Crippen molar-refractivity contribution in [1.29, 1.82) is 0 Å². The maximum atomic E-state index is 11.3. The molecule has 8 nitrogen and oxygen atoms in total. The molecule has 0 amide bonds. The topological polar surface area (TPSA) is 117 Å². The van der Waals surface area contributed by atoms with E-state index in [1.54, 1.807) is 29.9 Å². The van der Waals surface area contributed by atoms with Crippen molar-refractivity contribution < 1.29 is 17.9 Å². The van der Waals surface area contributed by atoms with Crippen molar-refractivity contribution in [3.8, 4) is 0 Å². The summed E-state index contributed by atoms with van der Waals surface area (Å²) in [5.74, 6) is -0.263. The van der Waals surface area contributed by atoms with Gasteiger partial charge in [0.15, 0.2) is 0 Å². The molecule has 2 rings (SSSR count). The number of rotatable bonds is 7. The molecule has 0 saturated carbocycles. The maximum absolute atomic E-state index is 11.3. The minimum absolute atomic E-state index is 0.0648. The number of hydrogen-bond donors (Lipinski definition) is 1. The molecule has 0 aliphatic rings. The number of esters is 1. The van der Waals surface area contributed by atoms with Gasteiger partial charge in [0.2, 0.25) is 10.0 Å². The first kappa shape index (κ1) is 17.1. The van der Waals surface area contributed by atoms with Crippen LogP contribution in [0.25, 0.3) is 0 Å². The number of aryl methyl sites for hydroxylation is 1. The van der Waals surface area contributed by atoms with E-state index in [0.29, 0.717) is 25.3 Å². The number of aromatic nitrogens is 3. The number of benzene rings is 1. The molecular weight excluding hydrogens is 320 g/mol. The Bertz CT molecular complexity index is 768. The maximum Gasteiger partial charge on any atom is 0.306 e. The van der Waals surface area contributed by atoms with Crippen LogP contribution in [0.3, 0.4) is 0 Å². The molecule has 124 valence electrons. The summed E-state index contributed by atoms with van der Waals surface area (Å²) in [5.41, 5.74) is 1.55. The summed E-state index contributed by atoms with van der Waals surface area (Å²) >= 11 is 0. The van der Waals surface area contributed by atoms with E-state index < -0.39 is 10.0 Å². The van der Waals surface area contributed by atoms with Crippen LogP contribution in [0.1, 0.15) is 24.6 Å². The van der Waals surface area contributed by atoms with Crippen molar-refractivity contribution in [2.24, 2.45) is 5.14 Å². The van der Waals surface area contributed by atoms with Gasteiger partial charge in [-0.25, -0.2) is 18.2 Å². The third kappa shape index (κ3) is 5.15. The molecule has 0 unspecified atom stereocenters. The molecule has 0 aliphatic carbocycles. The summed E-state index contributed by atoms with van der Waals surface area (Å²) in [6.07, 6.45) is 2.46. The molecule has 1 aromatic carbocycles. The zero-order valence-corrected chi connectivity index (χ0v) is 13.5. The first-order valence-electron chi connectivity index (χ1n) is 7.05. The molecule has 0 saturated heterocycles. The number of nitrogens with two attached hydrogens (primary N) is 1. The molecule has 23 heavy (non-hydrogen) atoms. The van der Waals surface area contributed by atoms with Gasteiger partial charge >= 0.3 is 5.97 Å². The van der Waals surface area contributed by atoms with E-state index >= 15 is 0 Å². The fourth-order valence-electron chi connectivity index (χ4n) is 1.97. The lowest BCUT2D eigenvalue weighted by Crippen LogP contribution is -2.12. The zero-order valence-electron chi connectivity index (χ0n) is 12.7. The SMILES string of the molecule is CCOC(=O)CCc1cn(Cc2ccc(S(N)(=O)=O)cc2)nn1. The third-order valence-electron chi connectivity index (χ3n) is 3.07. The smallest absolute Gasteiger partial charge is 0.306 e. The fraction of sp³-hybridized carbons (Fsp3) is 0.357. The first-order valence-corrected chi connectivity index (χ1v) is 8.59. The van der Waals surface area contributed by atoms with Crippen molar-refractivity contribution in [2.75, 3.05) is 6.61 Å². The van der Waals surface area contributed by atoms with Crippen LogP contribution in [0.2, 0.25) is 0 Å². The van der Waals surface area contributed by atoms with Crippen LogP contribution in [0.15, 0.2) is 35.4 Å². The number of ether oxygens (including phenoxy) is 1. The summed E-state index contributed by atoms with van der Waals surface area (Å²) in [6.45, 7) is 2.56. The zero-order chi connectivity index (χ0) is 16.9. The predicted molar refractivity (Wildman–Crippen MR) is 81.9 cm³/mol. The van der Waals surface area contributed by atoms with E-state index in [0.717, 1.165) is 5.56 Å². The summed E-state index contributed by atoms with van der Waals surface area (Å²) in [6, 6.07) is 6.23. The van der Waals surface area contributed by atoms with Gasteiger partial charge in [0, 0.05) is 12.6 Å². The molecule has 9 heteroatoms. The van der Waals surface area contributed by atoms with E-state index in [9.17, 15) is 13.2 Å². The molecule has 2 aromatic rings. The highest BCUT2D eigenvalue weighted by Crippen LogP contribution is 2.10. The highest BCUT2D eigenvalue weighted by atomic mass is 32.2. The summed E-state index contributed by atoms with van der Waals surface area (Å²) in [5, 5.41) is 13.0. The molecule has 0 radical (unpaired) electrons. The van der Waals surface area contributed by atoms with Crippen LogP contribution in [0.5, 0.6) is 0 Å². The summed E-state index contributed by atoms with van der Waals surface area (Å²) in [7, 11) is -3.69. The number of sulfonamides is 1. The number of hydrogen-bond acceptors (Lipinski definition) is 6. The second-order valence-electron chi connectivity index (χ2n) is 4.90.